The lowest BCUT2D eigenvalue weighted by molar-refractivity contribution is -0.120. The summed E-state index contributed by atoms with van der Waals surface area (Å²) in [5.41, 5.74) is 0.928. The summed E-state index contributed by atoms with van der Waals surface area (Å²) < 4.78 is 18.1. The molecule has 0 aromatic heterocycles. The third-order valence-corrected chi connectivity index (χ3v) is 4.25. The number of carbonyl (C=O) groups is 1. The largest absolute Gasteiger partial charge is 0.496 e. The lowest BCUT2D eigenvalue weighted by Crippen LogP contribution is -2.30. The average Bonchev–Trinajstić information content (AvgIpc) is 2.54. The van der Waals surface area contributed by atoms with Gasteiger partial charge in [0.2, 0.25) is 5.91 Å². The van der Waals surface area contributed by atoms with Crippen molar-refractivity contribution in [3.05, 3.63) is 59.9 Å². The predicted molar refractivity (Wildman–Crippen MR) is 86.6 cm³/mol. The van der Waals surface area contributed by atoms with E-state index >= 15 is 0 Å². The van der Waals surface area contributed by atoms with Crippen molar-refractivity contribution in [2.45, 2.75) is 23.6 Å². The van der Waals surface area contributed by atoms with E-state index in [1.165, 1.54) is 23.9 Å². The van der Waals surface area contributed by atoms with Crippen LogP contribution in [0.25, 0.3) is 0 Å². The number of thioether (sulfide) groups is 1. The monoisotopic (exact) mass is 319 g/mol. The molecule has 2 rings (SSSR count). The van der Waals surface area contributed by atoms with Crippen molar-refractivity contribution >= 4 is 17.7 Å². The van der Waals surface area contributed by atoms with Crippen molar-refractivity contribution in [2.75, 3.05) is 7.11 Å². The fourth-order valence-corrected chi connectivity index (χ4v) is 2.84. The van der Waals surface area contributed by atoms with E-state index in [9.17, 15) is 9.18 Å². The summed E-state index contributed by atoms with van der Waals surface area (Å²) in [5.74, 6) is 0.402. The van der Waals surface area contributed by atoms with E-state index in [0.717, 1.165) is 16.2 Å². The molecule has 1 amide bonds. The summed E-state index contributed by atoms with van der Waals surface area (Å²) in [4.78, 5) is 13.0. The van der Waals surface area contributed by atoms with Gasteiger partial charge in [0.1, 0.15) is 11.6 Å². The van der Waals surface area contributed by atoms with Crippen LogP contribution in [-0.4, -0.2) is 18.3 Å². The zero-order valence-corrected chi connectivity index (χ0v) is 13.3. The van der Waals surface area contributed by atoms with Crippen LogP contribution < -0.4 is 10.1 Å². The number of benzene rings is 2. The van der Waals surface area contributed by atoms with Crippen molar-refractivity contribution in [3.8, 4) is 5.75 Å². The Morgan fingerprint density at radius 1 is 1.23 bits per heavy atom. The van der Waals surface area contributed by atoms with Gasteiger partial charge in [-0.05, 0) is 37.3 Å². The molecule has 3 nitrogen and oxygen atoms in total. The predicted octanol–water partition coefficient (Wildman–Crippen LogP) is 3.63. The van der Waals surface area contributed by atoms with Gasteiger partial charge in [0.05, 0.1) is 12.4 Å². The Balaban J connectivity index is 1.90. The van der Waals surface area contributed by atoms with Gasteiger partial charge in [0, 0.05) is 17.0 Å². The molecular formula is C17H18FNO2S. The summed E-state index contributed by atoms with van der Waals surface area (Å²) in [7, 11) is 1.60. The minimum absolute atomic E-state index is 0.0692. The molecule has 0 heterocycles. The Morgan fingerprint density at radius 3 is 2.59 bits per heavy atom. The number of halogens is 1. The summed E-state index contributed by atoms with van der Waals surface area (Å²) in [6.07, 6.45) is 0. The quantitative estimate of drug-likeness (QED) is 0.826. The maximum atomic E-state index is 12.9. The molecule has 0 radical (unpaired) electrons. The molecule has 116 valence electrons. The topological polar surface area (TPSA) is 38.3 Å². The maximum absolute atomic E-state index is 12.9. The van der Waals surface area contributed by atoms with E-state index in [1.54, 1.807) is 19.2 Å². The molecule has 0 aliphatic rings. The summed E-state index contributed by atoms with van der Waals surface area (Å²) in [5, 5.41) is 2.63. The van der Waals surface area contributed by atoms with Crippen LogP contribution in [0.15, 0.2) is 53.4 Å². The molecule has 0 spiro atoms. The Labute approximate surface area is 133 Å². The lowest BCUT2D eigenvalue weighted by atomic mass is 10.2. The average molecular weight is 319 g/mol. The minimum atomic E-state index is -0.280. The molecule has 0 fully saturated rings. The van der Waals surface area contributed by atoms with Crippen molar-refractivity contribution < 1.29 is 13.9 Å². The first-order chi connectivity index (χ1) is 10.6. The molecule has 0 saturated heterocycles. The van der Waals surface area contributed by atoms with Crippen LogP contribution in [0, 0.1) is 5.82 Å². The third kappa shape index (κ3) is 4.49. The smallest absolute Gasteiger partial charge is 0.233 e. The molecule has 0 aliphatic carbocycles. The van der Waals surface area contributed by atoms with Gasteiger partial charge in [-0.25, -0.2) is 4.39 Å². The van der Waals surface area contributed by atoms with E-state index in [1.807, 2.05) is 31.2 Å². The normalized spacial score (nSPS) is 11.8. The molecule has 0 aliphatic heterocycles. The number of hydrogen-bond donors (Lipinski definition) is 1. The molecule has 0 bridgehead atoms. The number of nitrogens with one attached hydrogen (secondary N) is 1. The van der Waals surface area contributed by atoms with E-state index < -0.39 is 0 Å². The number of hydrogen-bond acceptors (Lipinski definition) is 3. The van der Waals surface area contributed by atoms with Crippen LogP contribution in [0.5, 0.6) is 5.75 Å². The van der Waals surface area contributed by atoms with Gasteiger partial charge in [-0.1, -0.05) is 18.2 Å². The number of para-hydroxylation sites is 1. The molecule has 2 aromatic carbocycles. The van der Waals surface area contributed by atoms with Crippen LogP contribution >= 0.6 is 11.8 Å². The Hall–Kier alpha value is -2.01. The van der Waals surface area contributed by atoms with Gasteiger partial charge in [-0.2, -0.15) is 0 Å². The van der Waals surface area contributed by atoms with E-state index in [0.29, 0.717) is 6.54 Å². The van der Waals surface area contributed by atoms with Gasteiger partial charge in [-0.3, -0.25) is 4.79 Å². The van der Waals surface area contributed by atoms with Crippen LogP contribution in [0.2, 0.25) is 0 Å². The number of rotatable bonds is 6. The van der Waals surface area contributed by atoms with Crippen molar-refractivity contribution in [3.63, 3.8) is 0 Å². The third-order valence-electron chi connectivity index (χ3n) is 3.14. The summed E-state index contributed by atoms with van der Waals surface area (Å²) in [6, 6.07) is 13.7. The highest BCUT2D eigenvalue weighted by molar-refractivity contribution is 8.00. The molecule has 2 aromatic rings. The second-order valence-electron chi connectivity index (χ2n) is 4.74. The summed E-state index contributed by atoms with van der Waals surface area (Å²) >= 11 is 1.40. The first-order valence-electron chi connectivity index (χ1n) is 6.92. The van der Waals surface area contributed by atoms with Crippen molar-refractivity contribution in [2.24, 2.45) is 0 Å². The zero-order chi connectivity index (χ0) is 15.9. The van der Waals surface area contributed by atoms with Gasteiger partial charge in [-0.15, -0.1) is 11.8 Å². The van der Waals surface area contributed by atoms with Crippen molar-refractivity contribution in [1.82, 2.24) is 5.32 Å². The molecule has 1 atom stereocenters. The SMILES string of the molecule is COc1ccccc1CNC(=O)[C@@H](C)Sc1ccc(F)cc1. The Bertz CT molecular complexity index is 631. The van der Waals surface area contributed by atoms with Crippen molar-refractivity contribution in [1.29, 1.82) is 0 Å². The molecule has 22 heavy (non-hydrogen) atoms. The van der Waals surface area contributed by atoms with E-state index in [2.05, 4.69) is 5.32 Å². The van der Waals surface area contributed by atoms with Gasteiger partial charge in [0.25, 0.3) is 0 Å². The molecule has 5 heteroatoms. The highest BCUT2D eigenvalue weighted by Crippen LogP contribution is 2.23. The lowest BCUT2D eigenvalue weighted by Gasteiger charge is -2.13. The fraction of sp³-hybridized carbons (Fsp3) is 0.235. The van der Waals surface area contributed by atoms with E-state index in [4.69, 9.17) is 4.74 Å². The van der Waals surface area contributed by atoms with Crippen LogP contribution in [0.4, 0.5) is 4.39 Å². The number of methoxy groups -OCH3 is 1. The maximum Gasteiger partial charge on any atom is 0.233 e. The molecular weight excluding hydrogens is 301 g/mol. The number of carbonyl (C=O) groups excluding carboxylic acids is 1. The van der Waals surface area contributed by atoms with Gasteiger partial charge >= 0.3 is 0 Å². The number of amides is 1. The second kappa shape index (κ2) is 7.84. The summed E-state index contributed by atoms with van der Waals surface area (Å²) in [6.45, 7) is 2.24. The second-order valence-corrected chi connectivity index (χ2v) is 6.16. The number of ether oxygens (including phenoxy) is 1. The van der Waals surface area contributed by atoms with Gasteiger partial charge in [0.15, 0.2) is 0 Å². The zero-order valence-electron chi connectivity index (χ0n) is 12.5. The highest BCUT2D eigenvalue weighted by Gasteiger charge is 2.14. The highest BCUT2D eigenvalue weighted by atomic mass is 32.2. The first-order valence-corrected chi connectivity index (χ1v) is 7.80. The first kappa shape index (κ1) is 16.4. The fourth-order valence-electron chi connectivity index (χ4n) is 1.95. The molecule has 1 N–H and O–H groups in total. The van der Waals surface area contributed by atoms with E-state index in [-0.39, 0.29) is 17.0 Å². The molecule has 0 unspecified atom stereocenters. The Kier molecular flexibility index (Phi) is 5.83. The molecule has 0 saturated carbocycles. The van der Waals surface area contributed by atoms with Crippen LogP contribution in [0.3, 0.4) is 0 Å². The van der Waals surface area contributed by atoms with Crippen LogP contribution in [0.1, 0.15) is 12.5 Å². The van der Waals surface area contributed by atoms with Gasteiger partial charge < -0.3 is 10.1 Å². The minimum Gasteiger partial charge on any atom is -0.496 e. The van der Waals surface area contributed by atoms with Crippen LogP contribution in [-0.2, 0) is 11.3 Å². The Morgan fingerprint density at radius 2 is 1.91 bits per heavy atom. The standard InChI is InChI=1S/C17H18FNO2S/c1-12(22-15-9-7-14(18)8-10-15)17(20)19-11-13-5-3-4-6-16(13)21-2/h3-10,12H,11H2,1-2H3,(H,19,20)/t12-/m1/s1.